The quantitative estimate of drug-likeness (QED) is 0.298. The molecule has 0 heterocycles. The maximum atomic E-state index is 11.7. The fraction of sp³-hybridized carbons (Fsp3) is 0.444. The first kappa shape index (κ1) is 19.5. The molecule has 0 aliphatic rings. The molecule has 0 N–H and O–H groups in total. The van der Waals surface area contributed by atoms with Crippen LogP contribution in [-0.2, 0) is 14.3 Å². The maximum Gasteiger partial charge on any atom is 0.330 e. The molecule has 6 nitrogen and oxygen atoms in total. The average molecular weight is 336 g/mol. The van der Waals surface area contributed by atoms with E-state index in [9.17, 15) is 9.59 Å². The second-order valence-electron chi connectivity index (χ2n) is 5.06. The summed E-state index contributed by atoms with van der Waals surface area (Å²) in [6.45, 7) is 3.79. The van der Waals surface area contributed by atoms with E-state index < -0.39 is 11.9 Å². The van der Waals surface area contributed by atoms with Crippen molar-refractivity contribution in [1.29, 1.82) is 0 Å². The van der Waals surface area contributed by atoms with E-state index in [2.05, 4.69) is 6.92 Å². The predicted octanol–water partition coefficient (Wildman–Crippen LogP) is 3.38. The third-order valence-electron chi connectivity index (χ3n) is 3.13. The highest BCUT2D eigenvalue weighted by Gasteiger charge is 2.15. The normalized spacial score (nSPS) is 10.5. The van der Waals surface area contributed by atoms with Gasteiger partial charge in [0.25, 0.3) is 0 Å². The highest BCUT2D eigenvalue weighted by Crippen LogP contribution is 2.39. The summed E-state index contributed by atoms with van der Waals surface area (Å²) in [5, 5.41) is 0. The topological polar surface area (TPSA) is 71.1 Å². The first-order valence-electron chi connectivity index (χ1n) is 7.81. The lowest BCUT2D eigenvalue weighted by Gasteiger charge is -2.13. The summed E-state index contributed by atoms with van der Waals surface area (Å²) in [6, 6.07) is 3.28. The highest BCUT2D eigenvalue weighted by molar-refractivity contribution is 5.87. The number of carbonyl (C=O) groups excluding carboxylic acids is 2. The summed E-state index contributed by atoms with van der Waals surface area (Å²) in [6.07, 6.45) is 5.88. The van der Waals surface area contributed by atoms with Crippen LogP contribution in [0.2, 0.25) is 0 Å². The number of methoxy groups -OCH3 is 2. The maximum absolute atomic E-state index is 11.7. The molecule has 1 aromatic carbocycles. The van der Waals surface area contributed by atoms with Crippen molar-refractivity contribution in [3.63, 3.8) is 0 Å². The summed E-state index contributed by atoms with van der Waals surface area (Å²) in [4.78, 5) is 22.8. The zero-order valence-electron chi connectivity index (χ0n) is 14.6. The zero-order chi connectivity index (χ0) is 17.9. The Morgan fingerprint density at radius 1 is 1.08 bits per heavy atom. The fourth-order valence-corrected chi connectivity index (χ4v) is 1.98. The molecule has 0 atom stereocenters. The summed E-state index contributed by atoms with van der Waals surface area (Å²) >= 11 is 0. The monoisotopic (exact) mass is 336 g/mol. The van der Waals surface area contributed by atoms with E-state index in [1.807, 2.05) is 0 Å². The standard InChI is InChI=1S/C18H24O6/c1-5-6-7-10-23-17(20)9-8-14-11-15(21-3)18(24-13(2)19)16(12-14)22-4/h8-9,11-12H,5-7,10H2,1-4H3/b9-8+. The van der Waals surface area contributed by atoms with Crippen molar-refractivity contribution < 1.29 is 28.5 Å². The smallest absolute Gasteiger partial charge is 0.330 e. The van der Waals surface area contributed by atoms with Crippen LogP contribution in [0.15, 0.2) is 18.2 Å². The Morgan fingerprint density at radius 2 is 1.71 bits per heavy atom. The van der Waals surface area contributed by atoms with Gasteiger partial charge >= 0.3 is 11.9 Å². The Kier molecular flexibility index (Phi) is 8.39. The van der Waals surface area contributed by atoms with E-state index in [-0.39, 0.29) is 5.75 Å². The number of esters is 2. The Morgan fingerprint density at radius 3 is 2.21 bits per heavy atom. The minimum Gasteiger partial charge on any atom is -0.493 e. The van der Waals surface area contributed by atoms with Gasteiger partial charge in [0.2, 0.25) is 5.75 Å². The van der Waals surface area contributed by atoms with Crippen LogP contribution >= 0.6 is 0 Å². The van der Waals surface area contributed by atoms with Gasteiger partial charge in [-0.05, 0) is 30.2 Å². The first-order chi connectivity index (χ1) is 11.5. The van der Waals surface area contributed by atoms with Crippen molar-refractivity contribution in [3.05, 3.63) is 23.8 Å². The molecule has 1 aromatic rings. The Labute approximate surface area is 142 Å². The van der Waals surface area contributed by atoms with Crippen LogP contribution in [0.1, 0.15) is 38.7 Å². The molecule has 0 aliphatic heterocycles. The SMILES string of the molecule is CCCCCOC(=O)/C=C/c1cc(OC)c(OC(C)=O)c(OC)c1. The Hall–Kier alpha value is -2.50. The van der Waals surface area contributed by atoms with Crippen LogP contribution in [-0.4, -0.2) is 32.8 Å². The number of hydrogen-bond donors (Lipinski definition) is 0. The fourth-order valence-electron chi connectivity index (χ4n) is 1.98. The van der Waals surface area contributed by atoms with Gasteiger partial charge in [0, 0.05) is 13.0 Å². The molecular weight excluding hydrogens is 312 g/mol. The third kappa shape index (κ3) is 6.32. The van der Waals surface area contributed by atoms with Crippen LogP contribution in [0.5, 0.6) is 17.2 Å². The van der Waals surface area contributed by atoms with Crippen LogP contribution in [0.3, 0.4) is 0 Å². The first-order valence-corrected chi connectivity index (χ1v) is 7.81. The lowest BCUT2D eigenvalue weighted by Crippen LogP contribution is -2.05. The van der Waals surface area contributed by atoms with E-state index in [1.165, 1.54) is 27.2 Å². The second kappa shape index (κ2) is 10.3. The molecule has 0 bridgehead atoms. The van der Waals surface area contributed by atoms with Crippen molar-refractivity contribution in [3.8, 4) is 17.2 Å². The summed E-state index contributed by atoms with van der Waals surface area (Å²) < 4.78 is 20.6. The summed E-state index contributed by atoms with van der Waals surface area (Å²) in [7, 11) is 2.91. The molecule has 0 unspecified atom stereocenters. The van der Waals surface area contributed by atoms with E-state index in [4.69, 9.17) is 18.9 Å². The van der Waals surface area contributed by atoms with Crippen LogP contribution in [0, 0.1) is 0 Å². The van der Waals surface area contributed by atoms with E-state index in [1.54, 1.807) is 18.2 Å². The molecule has 6 heteroatoms. The van der Waals surface area contributed by atoms with Crippen LogP contribution < -0.4 is 14.2 Å². The van der Waals surface area contributed by atoms with Crippen LogP contribution in [0.25, 0.3) is 6.08 Å². The molecule has 132 valence electrons. The average Bonchev–Trinajstić information content (AvgIpc) is 2.57. The molecule has 0 amide bonds. The molecule has 0 fully saturated rings. The van der Waals surface area contributed by atoms with E-state index in [0.717, 1.165) is 19.3 Å². The minimum absolute atomic E-state index is 0.201. The van der Waals surface area contributed by atoms with Gasteiger partial charge < -0.3 is 18.9 Å². The minimum atomic E-state index is -0.481. The molecule has 0 saturated carbocycles. The van der Waals surface area contributed by atoms with E-state index >= 15 is 0 Å². The van der Waals surface area contributed by atoms with Gasteiger partial charge in [0.05, 0.1) is 20.8 Å². The largest absolute Gasteiger partial charge is 0.493 e. The van der Waals surface area contributed by atoms with E-state index in [0.29, 0.717) is 23.7 Å². The van der Waals surface area contributed by atoms with Gasteiger partial charge in [-0.2, -0.15) is 0 Å². The molecule has 0 radical (unpaired) electrons. The zero-order valence-corrected chi connectivity index (χ0v) is 14.6. The van der Waals surface area contributed by atoms with Crippen molar-refractivity contribution >= 4 is 18.0 Å². The Bertz CT molecular complexity index is 566. The Balaban J connectivity index is 2.86. The molecular formula is C18H24O6. The number of rotatable bonds is 9. The highest BCUT2D eigenvalue weighted by atomic mass is 16.6. The molecule has 0 aliphatic carbocycles. The molecule has 0 saturated heterocycles. The van der Waals surface area contributed by atoms with Gasteiger partial charge in [0.15, 0.2) is 11.5 Å². The van der Waals surface area contributed by atoms with Gasteiger partial charge in [-0.3, -0.25) is 4.79 Å². The van der Waals surface area contributed by atoms with Gasteiger partial charge in [-0.25, -0.2) is 4.79 Å². The van der Waals surface area contributed by atoms with Crippen LogP contribution in [0.4, 0.5) is 0 Å². The molecule has 0 spiro atoms. The molecule has 24 heavy (non-hydrogen) atoms. The predicted molar refractivity (Wildman–Crippen MR) is 90.4 cm³/mol. The number of hydrogen-bond acceptors (Lipinski definition) is 6. The lowest BCUT2D eigenvalue weighted by molar-refractivity contribution is -0.137. The number of ether oxygens (including phenoxy) is 4. The van der Waals surface area contributed by atoms with Gasteiger partial charge in [0.1, 0.15) is 0 Å². The van der Waals surface area contributed by atoms with Crippen molar-refractivity contribution in [2.45, 2.75) is 33.1 Å². The third-order valence-corrected chi connectivity index (χ3v) is 3.13. The van der Waals surface area contributed by atoms with Gasteiger partial charge in [-0.15, -0.1) is 0 Å². The summed E-state index contributed by atoms with van der Waals surface area (Å²) in [5.41, 5.74) is 0.658. The van der Waals surface area contributed by atoms with Crippen molar-refractivity contribution in [1.82, 2.24) is 0 Å². The number of carbonyl (C=O) groups is 2. The molecule has 1 rings (SSSR count). The number of benzene rings is 1. The van der Waals surface area contributed by atoms with Crippen molar-refractivity contribution in [2.75, 3.05) is 20.8 Å². The lowest BCUT2D eigenvalue weighted by atomic mass is 10.1. The number of unbranched alkanes of at least 4 members (excludes halogenated alkanes) is 2. The second-order valence-corrected chi connectivity index (χ2v) is 5.06. The summed E-state index contributed by atoms with van der Waals surface area (Å²) in [5.74, 6) is -0.0218. The van der Waals surface area contributed by atoms with Crippen molar-refractivity contribution in [2.24, 2.45) is 0 Å². The molecule has 0 aromatic heterocycles. The van der Waals surface area contributed by atoms with Gasteiger partial charge in [-0.1, -0.05) is 19.8 Å².